The van der Waals surface area contributed by atoms with Crippen molar-refractivity contribution < 1.29 is 4.79 Å². The van der Waals surface area contributed by atoms with E-state index < -0.39 is 0 Å². The molecule has 0 spiro atoms. The molecule has 7 nitrogen and oxygen atoms in total. The van der Waals surface area contributed by atoms with Gasteiger partial charge in [-0.05, 0) is 30.7 Å². The minimum atomic E-state index is -0.154. The molecule has 0 fully saturated rings. The normalized spacial score (nSPS) is 13.4. The zero-order valence-electron chi connectivity index (χ0n) is 13.3. The van der Waals surface area contributed by atoms with Crippen LogP contribution in [0.2, 0.25) is 0 Å². The van der Waals surface area contributed by atoms with Crippen LogP contribution in [0.1, 0.15) is 21.7 Å². The van der Waals surface area contributed by atoms with Crippen LogP contribution in [0.25, 0.3) is 11.4 Å². The summed E-state index contributed by atoms with van der Waals surface area (Å²) in [5.74, 6) is 0.331. The lowest BCUT2D eigenvalue weighted by Gasteiger charge is -2.27. The number of hydrogen-bond acceptors (Lipinski definition) is 5. The van der Waals surface area contributed by atoms with E-state index in [2.05, 4.69) is 19.9 Å². The molecule has 25 heavy (non-hydrogen) atoms. The number of carbonyl (C=O) groups is 1. The van der Waals surface area contributed by atoms with Crippen LogP contribution in [0.4, 0.5) is 0 Å². The summed E-state index contributed by atoms with van der Waals surface area (Å²) >= 11 is 0. The van der Waals surface area contributed by atoms with Crippen molar-refractivity contribution in [3.05, 3.63) is 76.2 Å². The van der Waals surface area contributed by atoms with Crippen LogP contribution in [-0.2, 0) is 13.0 Å². The highest BCUT2D eigenvalue weighted by molar-refractivity contribution is 5.92. The zero-order chi connectivity index (χ0) is 17.2. The van der Waals surface area contributed by atoms with Gasteiger partial charge >= 0.3 is 0 Å². The number of fused-ring (bicyclic) bond motifs is 1. The van der Waals surface area contributed by atoms with Crippen molar-refractivity contribution in [3.63, 3.8) is 0 Å². The monoisotopic (exact) mass is 333 g/mol. The largest absolute Gasteiger partial charge is 0.331 e. The maximum atomic E-state index is 12.6. The minimum absolute atomic E-state index is 0.151. The highest BCUT2D eigenvalue weighted by Gasteiger charge is 2.25. The first-order valence-electron chi connectivity index (χ1n) is 7.95. The molecule has 0 radical (unpaired) electrons. The van der Waals surface area contributed by atoms with Crippen LogP contribution in [0.5, 0.6) is 0 Å². The van der Waals surface area contributed by atoms with Gasteiger partial charge in [0.05, 0.1) is 12.2 Å². The van der Waals surface area contributed by atoms with E-state index in [4.69, 9.17) is 0 Å². The molecule has 3 aromatic heterocycles. The van der Waals surface area contributed by atoms with Gasteiger partial charge in [0.2, 0.25) is 0 Å². The van der Waals surface area contributed by atoms with Gasteiger partial charge in [-0.3, -0.25) is 19.6 Å². The van der Waals surface area contributed by atoms with Crippen LogP contribution < -0.4 is 5.56 Å². The first-order valence-corrected chi connectivity index (χ1v) is 7.95. The highest BCUT2D eigenvalue weighted by atomic mass is 16.2. The van der Waals surface area contributed by atoms with Crippen molar-refractivity contribution in [1.82, 2.24) is 24.8 Å². The third-order valence-electron chi connectivity index (χ3n) is 4.20. The van der Waals surface area contributed by atoms with Crippen molar-refractivity contribution in [2.24, 2.45) is 0 Å². The maximum Gasteiger partial charge on any atom is 0.272 e. The van der Waals surface area contributed by atoms with Gasteiger partial charge in [-0.2, -0.15) is 0 Å². The third kappa shape index (κ3) is 2.91. The Morgan fingerprint density at radius 2 is 1.96 bits per heavy atom. The first kappa shape index (κ1) is 15.2. The van der Waals surface area contributed by atoms with Crippen LogP contribution in [0.3, 0.4) is 0 Å². The quantitative estimate of drug-likeness (QED) is 0.766. The number of carbonyl (C=O) groups excluding carboxylic acids is 1. The molecule has 0 bridgehead atoms. The second kappa shape index (κ2) is 6.27. The van der Waals surface area contributed by atoms with E-state index in [0.717, 1.165) is 5.56 Å². The Bertz CT molecular complexity index is 970. The second-order valence-corrected chi connectivity index (χ2v) is 5.77. The lowest BCUT2D eigenvalue weighted by atomic mass is 10.1. The first-order chi connectivity index (χ1) is 12.2. The van der Waals surface area contributed by atoms with E-state index >= 15 is 0 Å². The molecule has 124 valence electrons. The van der Waals surface area contributed by atoms with E-state index in [1.807, 2.05) is 0 Å². The molecule has 1 N–H and O–H groups in total. The average Bonchev–Trinajstić information content (AvgIpc) is 2.68. The Labute approximate surface area is 143 Å². The van der Waals surface area contributed by atoms with Gasteiger partial charge in [-0.15, -0.1) is 0 Å². The van der Waals surface area contributed by atoms with E-state index in [-0.39, 0.29) is 11.5 Å². The molecular weight excluding hydrogens is 318 g/mol. The number of nitrogens with one attached hydrogen (secondary N) is 1. The smallest absolute Gasteiger partial charge is 0.272 e. The van der Waals surface area contributed by atoms with Crippen molar-refractivity contribution in [3.8, 4) is 11.4 Å². The number of nitrogens with zero attached hydrogens (tertiary/aromatic N) is 4. The number of amides is 1. The molecule has 0 saturated carbocycles. The molecule has 0 aromatic carbocycles. The topological polar surface area (TPSA) is 91.8 Å². The number of rotatable bonds is 2. The summed E-state index contributed by atoms with van der Waals surface area (Å²) in [6.45, 7) is 0.772. The Balaban J connectivity index is 1.67. The average molecular weight is 333 g/mol. The maximum absolute atomic E-state index is 12.6. The molecule has 3 aromatic rings. The minimum Gasteiger partial charge on any atom is -0.331 e. The molecular formula is C18H15N5O2. The Morgan fingerprint density at radius 3 is 2.72 bits per heavy atom. The fourth-order valence-electron chi connectivity index (χ4n) is 2.91. The molecule has 0 atom stereocenters. The van der Waals surface area contributed by atoms with Crippen LogP contribution in [0, 0.1) is 0 Å². The van der Waals surface area contributed by atoms with Gasteiger partial charge in [-0.1, -0.05) is 6.07 Å². The summed E-state index contributed by atoms with van der Waals surface area (Å²) in [6, 6.07) is 8.80. The van der Waals surface area contributed by atoms with Crippen LogP contribution in [0.15, 0.2) is 53.7 Å². The summed E-state index contributed by atoms with van der Waals surface area (Å²) in [7, 11) is 0. The van der Waals surface area contributed by atoms with Crippen molar-refractivity contribution in [2.45, 2.75) is 13.0 Å². The fraction of sp³-hybridized carbons (Fsp3) is 0.167. The molecule has 7 heteroatoms. The summed E-state index contributed by atoms with van der Waals surface area (Å²) in [5.41, 5.74) is 2.30. The van der Waals surface area contributed by atoms with Gasteiger partial charge < -0.3 is 9.88 Å². The lowest BCUT2D eigenvalue weighted by Crippen LogP contribution is -2.39. The fourth-order valence-corrected chi connectivity index (χ4v) is 2.91. The van der Waals surface area contributed by atoms with Gasteiger partial charge in [0.15, 0.2) is 0 Å². The molecule has 4 rings (SSSR count). The predicted octanol–water partition coefficient (Wildman–Crippen LogP) is 1.43. The van der Waals surface area contributed by atoms with Gasteiger partial charge in [0, 0.05) is 36.3 Å². The lowest BCUT2D eigenvalue weighted by molar-refractivity contribution is 0.0725. The molecule has 0 aliphatic carbocycles. The van der Waals surface area contributed by atoms with E-state index in [0.29, 0.717) is 42.3 Å². The Morgan fingerprint density at radius 1 is 1.12 bits per heavy atom. The highest BCUT2D eigenvalue weighted by Crippen LogP contribution is 2.19. The number of aromatic amines is 1. The Kier molecular flexibility index (Phi) is 3.81. The second-order valence-electron chi connectivity index (χ2n) is 5.77. The molecule has 4 heterocycles. The number of pyridine rings is 2. The summed E-state index contributed by atoms with van der Waals surface area (Å²) < 4.78 is 0. The summed E-state index contributed by atoms with van der Waals surface area (Å²) in [6.07, 6.45) is 5.36. The molecule has 1 aliphatic heterocycles. The standard InChI is InChI=1S/C18H15N5O2/c24-17-13-6-10-23(18(25)14-3-1-2-7-20-14)11-15(13)21-16(22-17)12-4-8-19-9-5-12/h1-5,7-9H,6,10-11H2,(H,21,22,24). The van der Waals surface area contributed by atoms with Gasteiger partial charge in [-0.25, -0.2) is 4.98 Å². The summed E-state index contributed by atoms with van der Waals surface area (Å²) in [5, 5.41) is 0. The summed E-state index contributed by atoms with van der Waals surface area (Å²) in [4.78, 5) is 42.1. The Hall–Kier alpha value is -3.35. The number of hydrogen-bond donors (Lipinski definition) is 1. The number of H-pyrrole nitrogens is 1. The van der Waals surface area contributed by atoms with Crippen LogP contribution in [-0.4, -0.2) is 37.3 Å². The molecule has 0 saturated heterocycles. The van der Waals surface area contributed by atoms with Gasteiger partial charge in [0.1, 0.15) is 11.5 Å². The third-order valence-corrected chi connectivity index (χ3v) is 4.20. The molecule has 1 amide bonds. The van der Waals surface area contributed by atoms with Crippen LogP contribution >= 0.6 is 0 Å². The van der Waals surface area contributed by atoms with E-state index in [1.54, 1.807) is 53.8 Å². The molecule has 0 unspecified atom stereocenters. The molecule has 1 aliphatic rings. The van der Waals surface area contributed by atoms with E-state index in [1.165, 1.54) is 0 Å². The van der Waals surface area contributed by atoms with Crippen molar-refractivity contribution >= 4 is 5.91 Å². The SMILES string of the molecule is O=C(c1ccccn1)N1CCc2c(nc(-c3ccncc3)[nH]c2=O)C1. The van der Waals surface area contributed by atoms with E-state index in [9.17, 15) is 9.59 Å². The van der Waals surface area contributed by atoms with Crippen molar-refractivity contribution in [2.75, 3.05) is 6.54 Å². The predicted molar refractivity (Wildman–Crippen MR) is 90.8 cm³/mol. The zero-order valence-corrected chi connectivity index (χ0v) is 13.3. The van der Waals surface area contributed by atoms with Gasteiger partial charge in [0.25, 0.3) is 11.5 Å². The number of aromatic nitrogens is 4. The van der Waals surface area contributed by atoms with Crippen molar-refractivity contribution in [1.29, 1.82) is 0 Å².